The fourth-order valence-electron chi connectivity index (χ4n) is 1.19. The van der Waals surface area contributed by atoms with E-state index < -0.39 is 0 Å². The maximum atomic E-state index is 10.0. The lowest BCUT2D eigenvalue weighted by atomic mass is 10.2. The number of rotatable bonds is 3. The summed E-state index contributed by atoms with van der Waals surface area (Å²) in [6.45, 7) is 4.72. The van der Waals surface area contributed by atoms with Crippen LogP contribution < -0.4 is 4.90 Å². The molecule has 3 nitrogen and oxygen atoms in total. The van der Waals surface area contributed by atoms with Gasteiger partial charge < -0.3 is 10.0 Å². The third-order valence-corrected chi connectivity index (χ3v) is 2.02. The first kappa shape index (κ1) is 15.2. The molecule has 0 saturated heterocycles. The van der Waals surface area contributed by atoms with Gasteiger partial charge in [0.25, 0.3) is 0 Å². The molecule has 3 heteroatoms. The Morgan fingerprint density at radius 2 is 1.88 bits per heavy atom. The smallest absolute Gasteiger partial charge is 0.193 e. The number of benzene rings is 1. The van der Waals surface area contributed by atoms with Crippen LogP contribution in [0.25, 0.3) is 0 Å². The zero-order valence-corrected chi connectivity index (χ0v) is 10.6. The van der Waals surface area contributed by atoms with Gasteiger partial charge in [0.1, 0.15) is 0 Å². The van der Waals surface area contributed by atoms with Crippen LogP contribution >= 0.6 is 0 Å². The van der Waals surface area contributed by atoms with E-state index in [4.69, 9.17) is 5.11 Å². The summed E-state index contributed by atoms with van der Waals surface area (Å²) in [5.41, 5.74) is 1.82. The van der Waals surface area contributed by atoms with Gasteiger partial charge in [-0.1, -0.05) is 19.8 Å². The van der Waals surface area contributed by atoms with E-state index in [0.29, 0.717) is 12.8 Å². The molecule has 17 heavy (non-hydrogen) atoms. The number of carbonyl (C=O) groups is 1. The van der Waals surface area contributed by atoms with E-state index in [1.54, 1.807) is 0 Å². The molecule has 0 heterocycles. The van der Waals surface area contributed by atoms with Gasteiger partial charge in [0.15, 0.2) is 6.29 Å². The summed E-state index contributed by atoms with van der Waals surface area (Å²) in [6.07, 6.45) is 0.575. The van der Waals surface area contributed by atoms with E-state index in [9.17, 15) is 4.79 Å². The zero-order valence-electron chi connectivity index (χ0n) is 10.6. The minimum absolute atomic E-state index is 0.128. The second-order valence-corrected chi connectivity index (χ2v) is 3.08. The highest BCUT2D eigenvalue weighted by molar-refractivity contribution is 5.74. The molecule has 1 aromatic carbocycles. The lowest BCUT2D eigenvalue weighted by Gasteiger charge is -2.17. The Morgan fingerprint density at radius 3 is 2.35 bits per heavy atom. The van der Waals surface area contributed by atoms with Crippen molar-refractivity contribution in [1.82, 2.24) is 0 Å². The highest BCUT2D eigenvalue weighted by atomic mass is 16.3. The second kappa shape index (κ2) is 9.44. The second-order valence-electron chi connectivity index (χ2n) is 3.08. The molecule has 0 aliphatic carbocycles. The monoisotopic (exact) mass is 233 g/mol. The van der Waals surface area contributed by atoms with Gasteiger partial charge in [0.05, 0.1) is 6.61 Å². The van der Waals surface area contributed by atoms with Crippen molar-refractivity contribution in [1.29, 1.82) is 0 Å². The highest BCUT2D eigenvalue weighted by Gasteiger charge is 1.98. The Labute approximate surface area is 103 Å². The maximum Gasteiger partial charge on any atom is 0.193 e. The number of hydrogen-bond donors (Lipinski definition) is 1. The fourth-order valence-corrected chi connectivity index (χ4v) is 1.19. The molecule has 1 rings (SSSR count). The SMILES string of the molecule is CC.CN(CCO)c1ccc(C#CC=O)cc1. The molecule has 0 bridgehead atoms. The van der Waals surface area contributed by atoms with Crippen molar-refractivity contribution in [2.24, 2.45) is 0 Å². The van der Waals surface area contributed by atoms with Crippen LogP contribution in [0.4, 0.5) is 5.69 Å². The molecular formula is C14H19NO2. The van der Waals surface area contributed by atoms with Crippen molar-refractivity contribution < 1.29 is 9.90 Å². The number of aldehydes is 1. The summed E-state index contributed by atoms with van der Waals surface area (Å²) in [6, 6.07) is 7.51. The Balaban J connectivity index is 0.00000121. The molecule has 92 valence electrons. The molecule has 0 aliphatic rings. The molecule has 0 saturated carbocycles. The van der Waals surface area contributed by atoms with Gasteiger partial charge in [-0.2, -0.15) is 0 Å². The molecule has 1 N–H and O–H groups in total. The number of aliphatic hydroxyl groups excluding tert-OH is 1. The van der Waals surface area contributed by atoms with Crippen molar-refractivity contribution >= 4 is 12.0 Å². The Bertz CT molecular complexity index is 373. The molecule has 0 aromatic heterocycles. The van der Waals surface area contributed by atoms with E-state index in [-0.39, 0.29) is 6.61 Å². The first-order chi connectivity index (χ1) is 8.27. The van der Waals surface area contributed by atoms with Gasteiger partial charge >= 0.3 is 0 Å². The number of aliphatic hydroxyl groups is 1. The van der Waals surface area contributed by atoms with Crippen LogP contribution in [0.1, 0.15) is 19.4 Å². The molecular weight excluding hydrogens is 214 g/mol. The molecule has 1 aromatic rings. The Kier molecular flexibility index (Phi) is 8.44. The third kappa shape index (κ3) is 5.74. The fraction of sp³-hybridized carbons (Fsp3) is 0.357. The van der Waals surface area contributed by atoms with Gasteiger partial charge in [0, 0.05) is 24.8 Å². The minimum atomic E-state index is 0.128. The van der Waals surface area contributed by atoms with Crippen LogP contribution in [0.5, 0.6) is 0 Å². The Morgan fingerprint density at radius 1 is 1.29 bits per heavy atom. The third-order valence-electron chi connectivity index (χ3n) is 2.02. The van der Waals surface area contributed by atoms with Gasteiger partial charge in [-0.3, -0.25) is 4.79 Å². The maximum absolute atomic E-state index is 10.0. The van der Waals surface area contributed by atoms with E-state index in [2.05, 4.69) is 11.8 Å². The van der Waals surface area contributed by atoms with Crippen LogP contribution in [0.15, 0.2) is 24.3 Å². The predicted molar refractivity (Wildman–Crippen MR) is 71.1 cm³/mol. The molecule has 0 fully saturated rings. The lowest BCUT2D eigenvalue weighted by Crippen LogP contribution is -2.20. The summed E-state index contributed by atoms with van der Waals surface area (Å²) < 4.78 is 0. The summed E-state index contributed by atoms with van der Waals surface area (Å²) in [7, 11) is 1.91. The predicted octanol–water partition coefficient (Wildman–Crippen LogP) is 1.69. The van der Waals surface area contributed by atoms with Gasteiger partial charge in [0.2, 0.25) is 0 Å². The number of carbonyl (C=O) groups excluding carboxylic acids is 1. The quantitative estimate of drug-likeness (QED) is 0.638. The summed E-state index contributed by atoms with van der Waals surface area (Å²) in [4.78, 5) is 12.0. The number of likely N-dealkylation sites (N-methyl/N-ethyl adjacent to an activating group) is 1. The topological polar surface area (TPSA) is 40.5 Å². The molecule has 0 amide bonds. The Hall–Kier alpha value is -1.79. The normalized spacial score (nSPS) is 8.24. The van der Waals surface area contributed by atoms with Crippen molar-refractivity contribution in [2.75, 3.05) is 25.1 Å². The average molecular weight is 233 g/mol. The average Bonchev–Trinajstić information content (AvgIpc) is 2.39. The molecule has 0 radical (unpaired) electrons. The largest absolute Gasteiger partial charge is 0.395 e. The summed E-state index contributed by atoms with van der Waals surface area (Å²) in [5.74, 6) is 5.06. The van der Waals surface area contributed by atoms with Gasteiger partial charge in [-0.05, 0) is 30.2 Å². The van der Waals surface area contributed by atoms with Crippen LogP contribution in [0.3, 0.4) is 0 Å². The van der Waals surface area contributed by atoms with E-state index in [0.717, 1.165) is 11.3 Å². The van der Waals surface area contributed by atoms with Crippen molar-refractivity contribution in [3.8, 4) is 11.8 Å². The van der Waals surface area contributed by atoms with E-state index >= 15 is 0 Å². The minimum Gasteiger partial charge on any atom is -0.395 e. The van der Waals surface area contributed by atoms with Crippen LogP contribution in [-0.4, -0.2) is 31.6 Å². The van der Waals surface area contributed by atoms with E-state index in [1.807, 2.05) is 50.1 Å². The molecule has 0 atom stereocenters. The van der Waals surface area contributed by atoms with Gasteiger partial charge in [-0.15, -0.1) is 0 Å². The van der Waals surface area contributed by atoms with Gasteiger partial charge in [-0.25, -0.2) is 0 Å². The first-order valence-electron chi connectivity index (χ1n) is 5.65. The van der Waals surface area contributed by atoms with Crippen LogP contribution in [0, 0.1) is 11.8 Å². The molecule has 0 unspecified atom stereocenters. The summed E-state index contributed by atoms with van der Waals surface area (Å²) >= 11 is 0. The van der Waals surface area contributed by atoms with Crippen LogP contribution in [-0.2, 0) is 4.79 Å². The van der Waals surface area contributed by atoms with Crippen molar-refractivity contribution in [3.63, 3.8) is 0 Å². The van der Waals surface area contributed by atoms with Crippen molar-refractivity contribution in [2.45, 2.75) is 13.8 Å². The number of hydrogen-bond acceptors (Lipinski definition) is 3. The standard InChI is InChI=1S/C12H13NO2.C2H6/c1-13(8-10-15)12-6-4-11(5-7-12)3-2-9-14;1-2/h4-7,9,15H,8,10H2,1H3;1-2H3. The zero-order chi connectivity index (χ0) is 13.1. The van der Waals surface area contributed by atoms with Crippen LogP contribution in [0.2, 0.25) is 0 Å². The van der Waals surface area contributed by atoms with Crippen molar-refractivity contribution in [3.05, 3.63) is 29.8 Å². The highest BCUT2D eigenvalue weighted by Crippen LogP contribution is 2.12. The lowest BCUT2D eigenvalue weighted by molar-refractivity contribution is -0.103. The first-order valence-corrected chi connectivity index (χ1v) is 5.65. The number of nitrogens with zero attached hydrogens (tertiary/aromatic N) is 1. The molecule has 0 aliphatic heterocycles. The molecule has 0 spiro atoms. The summed E-state index contributed by atoms with van der Waals surface area (Å²) in [5, 5.41) is 8.77. The van der Waals surface area contributed by atoms with E-state index in [1.165, 1.54) is 0 Å². The number of anilines is 1.